The molecule has 0 aliphatic carbocycles. The molecule has 2 aliphatic heterocycles. The maximum Gasteiger partial charge on any atom is 0.232 e. The van der Waals surface area contributed by atoms with Crippen LogP contribution in [0, 0.1) is 5.92 Å². The molecule has 1 N–H and O–H groups in total. The fraction of sp³-hybridized carbons (Fsp3) is 0.609. The highest BCUT2D eigenvalue weighted by Gasteiger charge is 2.30. The van der Waals surface area contributed by atoms with Crippen molar-refractivity contribution >= 4 is 34.6 Å². The average Bonchev–Trinajstić information content (AvgIpc) is 3.03. The monoisotopic (exact) mass is 428 g/mol. The van der Waals surface area contributed by atoms with Crippen LogP contribution in [0.3, 0.4) is 0 Å². The molecule has 2 amide bonds. The lowest BCUT2D eigenvalue weighted by Gasteiger charge is -2.34. The second kappa shape index (κ2) is 9.86. The van der Waals surface area contributed by atoms with Gasteiger partial charge in [0.1, 0.15) is 5.82 Å². The van der Waals surface area contributed by atoms with Gasteiger partial charge in [-0.25, -0.2) is 4.98 Å². The lowest BCUT2D eigenvalue weighted by molar-refractivity contribution is -0.139. The summed E-state index contributed by atoms with van der Waals surface area (Å²) in [5, 5.41) is 0.128. The van der Waals surface area contributed by atoms with E-state index in [1.807, 2.05) is 29.2 Å². The van der Waals surface area contributed by atoms with E-state index in [0.717, 1.165) is 55.6 Å². The fourth-order valence-corrected chi connectivity index (χ4v) is 5.30. The number of thioether (sulfide) groups is 1. The van der Waals surface area contributed by atoms with Crippen molar-refractivity contribution in [2.75, 3.05) is 31.9 Å². The SMILES string of the molecule is CC(SCC(=O)N1CCC(C(=O)N2CCCCCC2)CC1)c1nc2ccccc2[nH]1. The van der Waals surface area contributed by atoms with E-state index >= 15 is 0 Å². The second-order valence-electron chi connectivity index (χ2n) is 8.49. The Balaban J connectivity index is 1.23. The number of piperidine rings is 1. The van der Waals surface area contributed by atoms with Crippen molar-refractivity contribution in [2.24, 2.45) is 5.92 Å². The quantitative estimate of drug-likeness (QED) is 0.782. The summed E-state index contributed by atoms with van der Waals surface area (Å²) < 4.78 is 0. The van der Waals surface area contributed by atoms with Crippen molar-refractivity contribution in [1.29, 1.82) is 0 Å². The van der Waals surface area contributed by atoms with E-state index in [4.69, 9.17) is 0 Å². The number of imidazole rings is 1. The maximum absolute atomic E-state index is 12.8. The Morgan fingerprint density at radius 1 is 1.07 bits per heavy atom. The molecule has 30 heavy (non-hydrogen) atoms. The van der Waals surface area contributed by atoms with E-state index in [1.165, 1.54) is 12.8 Å². The topological polar surface area (TPSA) is 69.3 Å². The molecular formula is C23H32N4O2S. The molecule has 1 aromatic carbocycles. The number of hydrogen-bond acceptors (Lipinski definition) is 4. The first-order valence-electron chi connectivity index (χ1n) is 11.2. The van der Waals surface area contributed by atoms with Crippen LogP contribution in [0.5, 0.6) is 0 Å². The van der Waals surface area contributed by atoms with Gasteiger partial charge in [0.15, 0.2) is 0 Å². The van der Waals surface area contributed by atoms with Gasteiger partial charge in [0.25, 0.3) is 0 Å². The Labute approximate surface area is 182 Å². The van der Waals surface area contributed by atoms with Crippen LogP contribution in [0.2, 0.25) is 0 Å². The predicted octanol–water partition coefficient (Wildman–Crippen LogP) is 4.00. The summed E-state index contributed by atoms with van der Waals surface area (Å²) >= 11 is 1.62. The number of carbonyl (C=O) groups is 2. The number of hydrogen-bond donors (Lipinski definition) is 1. The number of fused-ring (bicyclic) bond motifs is 1. The highest BCUT2D eigenvalue weighted by molar-refractivity contribution is 8.00. The minimum atomic E-state index is 0.0919. The summed E-state index contributed by atoms with van der Waals surface area (Å²) in [4.78, 5) is 37.5. The molecule has 1 aromatic heterocycles. The van der Waals surface area contributed by atoms with E-state index in [2.05, 4.69) is 21.8 Å². The van der Waals surface area contributed by atoms with Crippen molar-refractivity contribution < 1.29 is 9.59 Å². The Kier molecular flexibility index (Phi) is 6.97. The van der Waals surface area contributed by atoms with Gasteiger partial charge < -0.3 is 14.8 Å². The number of nitrogens with one attached hydrogen (secondary N) is 1. The number of H-pyrrole nitrogens is 1. The van der Waals surface area contributed by atoms with Crippen LogP contribution in [-0.4, -0.2) is 63.5 Å². The highest BCUT2D eigenvalue weighted by atomic mass is 32.2. The number of benzene rings is 1. The standard InChI is InChI=1S/C23H32N4O2S/c1-17(22-24-19-8-4-5-9-20(19)25-22)30-16-21(28)26-14-10-18(11-15-26)23(29)27-12-6-2-3-7-13-27/h4-5,8-9,17-18H,2-3,6-7,10-16H2,1H3,(H,24,25). The van der Waals surface area contributed by atoms with E-state index < -0.39 is 0 Å². The first kappa shape index (κ1) is 21.2. The molecule has 0 spiro atoms. The Morgan fingerprint density at radius 3 is 2.47 bits per heavy atom. The molecule has 0 bridgehead atoms. The third kappa shape index (κ3) is 4.99. The predicted molar refractivity (Wildman–Crippen MR) is 121 cm³/mol. The van der Waals surface area contributed by atoms with Crippen LogP contribution >= 0.6 is 11.8 Å². The fourth-order valence-electron chi connectivity index (χ4n) is 4.46. The number of aromatic nitrogens is 2. The van der Waals surface area contributed by atoms with Gasteiger partial charge in [-0.15, -0.1) is 11.8 Å². The van der Waals surface area contributed by atoms with Crippen LogP contribution in [0.25, 0.3) is 11.0 Å². The zero-order valence-corrected chi connectivity index (χ0v) is 18.6. The summed E-state index contributed by atoms with van der Waals surface area (Å²) in [6, 6.07) is 7.99. The first-order valence-corrected chi connectivity index (χ1v) is 12.3. The molecular weight excluding hydrogens is 396 g/mol. The number of carbonyl (C=O) groups excluding carboxylic acids is 2. The lowest BCUT2D eigenvalue weighted by atomic mass is 9.95. The zero-order valence-electron chi connectivity index (χ0n) is 17.8. The number of nitrogens with zero attached hydrogens (tertiary/aromatic N) is 3. The van der Waals surface area contributed by atoms with Gasteiger partial charge in [0.2, 0.25) is 11.8 Å². The van der Waals surface area contributed by atoms with Gasteiger partial charge in [-0.3, -0.25) is 9.59 Å². The van der Waals surface area contributed by atoms with Crippen LogP contribution in [0.1, 0.15) is 56.5 Å². The van der Waals surface area contributed by atoms with Crippen LogP contribution in [0.15, 0.2) is 24.3 Å². The molecule has 2 aromatic rings. The van der Waals surface area contributed by atoms with Gasteiger partial charge in [-0.05, 0) is 44.7 Å². The molecule has 6 nitrogen and oxygen atoms in total. The number of amides is 2. The summed E-state index contributed by atoms with van der Waals surface area (Å²) in [6.07, 6.45) is 6.32. The molecule has 1 atom stereocenters. The first-order chi connectivity index (χ1) is 14.6. The van der Waals surface area contributed by atoms with Gasteiger partial charge in [0, 0.05) is 32.1 Å². The average molecular weight is 429 g/mol. The number of aromatic amines is 1. The molecule has 3 heterocycles. The van der Waals surface area contributed by atoms with Gasteiger partial charge in [-0.2, -0.15) is 0 Å². The van der Waals surface area contributed by atoms with Gasteiger partial charge >= 0.3 is 0 Å². The normalized spacial score (nSPS) is 19.6. The summed E-state index contributed by atoms with van der Waals surface area (Å²) in [5.41, 5.74) is 1.99. The maximum atomic E-state index is 12.8. The lowest BCUT2D eigenvalue weighted by Crippen LogP contribution is -2.45. The molecule has 2 fully saturated rings. The van der Waals surface area contributed by atoms with Crippen molar-refractivity contribution in [3.8, 4) is 0 Å². The minimum Gasteiger partial charge on any atom is -0.342 e. The minimum absolute atomic E-state index is 0.0919. The highest BCUT2D eigenvalue weighted by Crippen LogP contribution is 2.29. The molecule has 162 valence electrons. The van der Waals surface area contributed by atoms with Crippen LogP contribution in [-0.2, 0) is 9.59 Å². The molecule has 2 saturated heterocycles. The molecule has 7 heteroatoms. The van der Waals surface area contributed by atoms with E-state index in [0.29, 0.717) is 24.7 Å². The van der Waals surface area contributed by atoms with Crippen molar-refractivity contribution in [2.45, 2.75) is 50.7 Å². The smallest absolute Gasteiger partial charge is 0.232 e. The van der Waals surface area contributed by atoms with Crippen molar-refractivity contribution in [1.82, 2.24) is 19.8 Å². The molecule has 0 radical (unpaired) electrons. The van der Waals surface area contributed by atoms with E-state index in [9.17, 15) is 9.59 Å². The molecule has 0 saturated carbocycles. The summed E-state index contributed by atoms with van der Waals surface area (Å²) in [5.74, 6) is 1.94. The zero-order chi connectivity index (χ0) is 20.9. The van der Waals surface area contributed by atoms with Crippen LogP contribution < -0.4 is 0 Å². The Hall–Kier alpha value is -2.02. The Morgan fingerprint density at radius 2 is 1.77 bits per heavy atom. The Bertz CT molecular complexity index is 834. The third-order valence-electron chi connectivity index (χ3n) is 6.36. The van der Waals surface area contributed by atoms with Gasteiger partial charge in [0.05, 0.1) is 22.0 Å². The number of para-hydroxylation sites is 2. The van der Waals surface area contributed by atoms with Crippen LogP contribution in [0.4, 0.5) is 0 Å². The van der Waals surface area contributed by atoms with Crippen molar-refractivity contribution in [3.05, 3.63) is 30.1 Å². The van der Waals surface area contributed by atoms with E-state index in [-0.39, 0.29) is 17.1 Å². The summed E-state index contributed by atoms with van der Waals surface area (Å²) in [6.45, 7) is 5.30. The van der Waals surface area contributed by atoms with Gasteiger partial charge in [-0.1, -0.05) is 25.0 Å². The number of likely N-dealkylation sites (tertiary alicyclic amines) is 2. The largest absolute Gasteiger partial charge is 0.342 e. The molecule has 4 rings (SSSR count). The molecule has 1 unspecified atom stereocenters. The van der Waals surface area contributed by atoms with Crippen molar-refractivity contribution in [3.63, 3.8) is 0 Å². The number of rotatable bonds is 5. The summed E-state index contributed by atoms with van der Waals surface area (Å²) in [7, 11) is 0. The second-order valence-corrected chi connectivity index (χ2v) is 9.82. The third-order valence-corrected chi connectivity index (χ3v) is 7.50. The molecule has 2 aliphatic rings. The van der Waals surface area contributed by atoms with E-state index in [1.54, 1.807) is 11.8 Å².